The maximum absolute atomic E-state index is 6.21. The van der Waals surface area contributed by atoms with E-state index in [4.69, 9.17) is 16.6 Å². The zero-order valence-electron chi connectivity index (χ0n) is 12.9. The Morgan fingerprint density at radius 3 is 2.33 bits per heavy atom. The minimum atomic E-state index is 0.721. The summed E-state index contributed by atoms with van der Waals surface area (Å²) in [5.74, 6) is 0.880. The molecular weight excluding hydrogens is 336 g/mol. The van der Waals surface area contributed by atoms with E-state index in [0.29, 0.717) is 0 Å². The molecule has 0 fully saturated rings. The van der Waals surface area contributed by atoms with Gasteiger partial charge in [-0.3, -0.25) is 4.57 Å². The first-order valence-corrected chi connectivity index (χ1v) is 9.08. The molecule has 118 valence electrons. The highest BCUT2D eigenvalue weighted by molar-refractivity contribution is 7.98. The first kappa shape index (κ1) is 15.3. The van der Waals surface area contributed by atoms with Crippen LogP contribution in [0.15, 0.2) is 84.0 Å². The van der Waals surface area contributed by atoms with Crippen LogP contribution in [0.25, 0.3) is 16.7 Å². The van der Waals surface area contributed by atoms with E-state index >= 15 is 0 Å². The minimum absolute atomic E-state index is 0.721. The number of para-hydroxylation sites is 1. The molecule has 4 aromatic rings. The van der Waals surface area contributed by atoms with Crippen molar-refractivity contribution in [3.63, 3.8) is 0 Å². The lowest BCUT2D eigenvalue weighted by atomic mass is 10.2. The Kier molecular flexibility index (Phi) is 4.28. The fourth-order valence-electron chi connectivity index (χ4n) is 2.67. The van der Waals surface area contributed by atoms with Crippen molar-refractivity contribution in [2.75, 3.05) is 0 Å². The Labute approximate surface area is 150 Å². The van der Waals surface area contributed by atoms with E-state index in [1.165, 1.54) is 5.56 Å². The van der Waals surface area contributed by atoms with Crippen LogP contribution in [-0.2, 0) is 5.75 Å². The minimum Gasteiger partial charge on any atom is -0.287 e. The molecule has 0 amide bonds. The molecule has 0 aliphatic heterocycles. The molecule has 24 heavy (non-hydrogen) atoms. The fourth-order valence-corrected chi connectivity index (χ4v) is 3.82. The SMILES string of the molecule is Clc1ccc2nc(SCc3ccccc3)n(-c3ccccc3)c2c1. The molecule has 0 saturated carbocycles. The van der Waals surface area contributed by atoms with Crippen LogP contribution in [0.1, 0.15) is 5.56 Å². The summed E-state index contributed by atoms with van der Waals surface area (Å²) in [6.07, 6.45) is 0. The second-order valence-electron chi connectivity index (χ2n) is 5.47. The molecule has 0 unspecified atom stereocenters. The van der Waals surface area contributed by atoms with Crippen molar-refractivity contribution in [1.29, 1.82) is 0 Å². The summed E-state index contributed by atoms with van der Waals surface area (Å²) in [6, 6.07) is 26.6. The number of thioether (sulfide) groups is 1. The van der Waals surface area contributed by atoms with Crippen molar-refractivity contribution in [3.05, 3.63) is 89.4 Å². The number of halogens is 1. The van der Waals surface area contributed by atoms with Crippen molar-refractivity contribution >= 4 is 34.4 Å². The quantitative estimate of drug-likeness (QED) is 0.422. The molecule has 0 aliphatic carbocycles. The van der Waals surface area contributed by atoms with Crippen LogP contribution in [0, 0.1) is 0 Å². The Hall–Kier alpha value is -2.23. The van der Waals surface area contributed by atoms with Gasteiger partial charge in [0.05, 0.1) is 11.0 Å². The largest absolute Gasteiger partial charge is 0.287 e. The third-order valence-electron chi connectivity index (χ3n) is 3.81. The third kappa shape index (κ3) is 3.05. The van der Waals surface area contributed by atoms with Crippen molar-refractivity contribution in [3.8, 4) is 5.69 Å². The number of imidazole rings is 1. The van der Waals surface area contributed by atoms with Gasteiger partial charge in [0.2, 0.25) is 0 Å². The summed E-state index contributed by atoms with van der Waals surface area (Å²) >= 11 is 7.95. The van der Waals surface area contributed by atoms with Gasteiger partial charge in [-0.15, -0.1) is 0 Å². The summed E-state index contributed by atoms with van der Waals surface area (Å²) in [4.78, 5) is 4.81. The predicted octanol–water partition coefficient (Wildman–Crippen LogP) is 5.97. The van der Waals surface area contributed by atoms with Crippen molar-refractivity contribution < 1.29 is 0 Å². The number of nitrogens with zero attached hydrogens (tertiary/aromatic N) is 2. The number of hydrogen-bond donors (Lipinski definition) is 0. The summed E-state index contributed by atoms with van der Waals surface area (Å²) < 4.78 is 2.18. The van der Waals surface area contributed by atoms with Gasteiger partial charge in [-0.2, -0.15) is 0 Å². The van der Waals surface area contributed by atoms with E-state index in [0.717, 1.165) is 32.7 Å². The van der Waals surface area contributed by atoms with E-state index in [-0.39, 0.29) is 0 Å². The number of hydrogen-bond acceptors (Lipinski definition) is 2. The molecule has 0 radical (unpaired) electrons. The van der Waals surface area contributed by atoms with Gasteiger partial charge in [0.1, 0.15) is 0 Å². The van der Waals surface area contributed by atoms with Gasteiger partial charge in [0, 0.05) is 16.5 Å². The molecule has 0 spiro atoms. The lowest BCUT2D eigenvalue weighted by molar-refractivity contribution is 0.919. The summed E-state index contributed by atoms with van der Waals surface area (Å²) in [7, 11) is 0. The first-order valence-electron chi connectivity index (χ1n) is 7.71. The summed E-state index contributed by atoms with van der Waals surface area (Å²) in [6.45, 7) is 0. The van der Waals surface area contributed by atoms with Crippen molar-refractivity contribution in [2.45, 2.75) is 10.9 Å². The molecule has 4 rings (SSSR count). The smallest absolute Gasteiger partial charge is 0.174 e. The van der Waals surface area contributed by atoms with Crippen molar-refractivity contribution in [1.82, 2.24) is 9.55 Å². The van der Waals surface area contributed by atoms with Crippen molar-refractivity contribution in [2.24, 2.45) is 0 Å². The zero-order chi connectivity index (χ0) is 16.4. The highest BCUT2D eigenvalue weighted by Gasteiger charge is 2.13. The van der Waals surface area contributed by atoms with Crippen LogP contribution < -0.4 is 0 Å². The van der Waals surface area contributed by atoms with E-state index in [9.17, 15) is 0 Å². The molecular formula is C20H15ClN2S. The second kappa shape index (κ2) is 6.71. The number of benzene rings is 3. The molecule has 0 atom stereocenters. The van der Waals surface area contributed by atoms with Gasteiger partial charge in [-0.1, -0.05) is 71.9 Å². The fraction of sp³-hybridized carbons (Fsp3) is 0.0500. The predicted molar refractivity (Wildman–Crippen MR) is 102 cm³/mol. The lowest BCUT2D eigenvalue weighted by Crippen LogP contribution is -1.96. The van der Waals surface area contributed by atoms with E-state index in [1.54, 1.807) is 11.8 Å². The zero-order valence-corrected chi connectivity index (χ0v) is 14.5. The van der Waals surface area contributed by atoms with E-state index < -0.39 is 0 Å². The Balaban J connectivity index is 1.79. The topological polar surface area (TPSA) is 17.8 Å². The van der Waals surface area contributed by atoms with Crippen LogP contribution in [0.3, 0.4) is 0 Å². The lowest BCUT2D eigenvalue weighted by Gasteiger charge is -2.09. The highest BCUT2D eigenvalue weighted by Crippen LogP contribution is 2.31. The second-order valence-corrected chi connectivity index (χ2v) is 6.85. The van der Waals surface area contributed by atoms with Gasteiger partial charge < -0.3 is 0 Å². The van der Waals surface area contributed by atoms with Crippen LogP contribution >= 0.6 is 23.4 Å². The summed E-state index contributed by atoms with van der Waals surface area (Å²) in [5.41, 5.74) is 4.37. The van der Waals surface area contributed by atoms with Crippen LogP contribution in [0.4, 0.5) is 0 Å². The normalized spacial score (nSPS) is 11.0. The van der Waals surface area contributed by atoms with Gasteiger partial charge in [0.15, 0.2) is 5.16 Å². The molecule has 3 aromatic carbocycles. The standard InChI is InChI=1S/C20H15ClN2S/c21-16-11-12-18-19(13-16)23(17-9-5-2-6-10-17)20(22-18)24-14-15-7-3-1-4-8-15/h1-13H,14H2. The molecule has 0 aliphatic rings. The van der Waals surface area contributed by atoms with Crippen LogP contribution in [-0.4, -0.2) is 9.55 Å². The van der Waals surface area contributed by atoms with Gasteiger partial charge >= 0.3 is 0 Å². The number of fused-ring (bicyclic) bond motifs is 1. The molecule has 4 heteroatoms. The third-order valence-corrected chi connectivity index (χ3v) is 5.06. The Morgan fingerprint density at radius 1 is 0.875 bits per heavy atom. The molecule has 0 saturated heterocycles. The molecule has 0 N–H and O–H groups in total. The van der Waals surface area contributed by atoms with Gasteiger partial charge in [-0.25, -0.2) is 4.98 Å². The highest BCUT2D eigenvalue weighted by atomic mass is 35.5. The van der Waals surface area contributed by atoms with Gasteiger partial charge in [-0.05, 0) is 35.9 Å². The maximum atomic E-state index is 6.21. The molecule has 1 heterocycles. The molecule has 1 aromatic heterocycles. The molecule has 0 bridgehead atoms. The Bertz CT molecular complexity index is 965. The van der Waals surface area contributed by atoms with Gasteiger partial charge in [0.25, 0.3) is 0 Å². The van der Waals surface area contributed by atoms with E-state index in [2.05, 4.69) is 41.0 Å². The maximum Gasteiger partial charge on any atom is 0.174 e. The number of aromatic nitrogens is 2. The summed E-state index contributed by atoms with van der Waals surface area (Å²) in [5, 5.41) is 1.70. The average molecular weight is 351 g/mol. The first-order chi connectivity index (χ1) is 11.8. The van der Waals surface area contributed by atoms with Crippen LogP contribution in [0.5, 0.6) is 0 Å². The number of rotatable bonds is 4. The van der Waals surface area contributed by atoms with Crippen LogP contribution in [0.2, 0.25) is 5.02 Å². The monoisotopic (exact) mass is 350 g/mol. The molecule has 2 nitrogen and oxygen atoms in total. The Morgan fingerprint density at radius 2 is 1.58 bits per heavy atom. The average Bonchev–Trinajstić information content (AvgIpc) is 2.99. The van der Waals surface area contributed by atoms with E-state index in [1.807, 2.05) is 42.5 Å².